The van der Waals surface area contributed by atoms with Gasteiger partial charge in [0.05, 0.1) is 21.8 Å². The van der Waals surface area contributed by atoms with E-state index in [2.05, 4.69) is 0 Å². The number of fused-ring (bicyclic) bond motifs is 7. The molecule has 0 spiro atoms. The van der Waals surface area contributed by atoms with Crippen LogP contribution in [0.25, 0.3) is 11.0 Å². The van der Waals surface area contributed by atoms with Crippen LogP contribution in [0, 0.1) is 21.7 Å². The molecule has 2 aromatic rings. The predicted octanol–water partition coefficient (Wildman–Crippen LogP) is 5.83. The van der Waals surface area contributed by atoms with Gasteiger partial charge in [-0.05, 0) is 71.4 Å². The molecule has 0 N–H and O–H groups in total. The van der Waals surface area contributed by atoms with Crippen molar-refractivity contribution in [2.24, 2.45) is 21.7 Å². The average molecular weight is 679 g/mol. The Bertz CT molecular complexity index is 1920. The fourth-order valence-electron chi connectivity index (χ4n) is 9.27. The summed E-state index contributed by atoms with van der Waals surface area (Å²) in [5.74, 6) is -1.77. The second-order valence-electron chi connectivity index (χ2n) is 16.6. The van der Waals surface area contributed by atoms with Crippen molar-refractivity contribution in [3.63, 3.8) is 0 Å². The maximum Gasteiger partial charge on any atom is 0.351 e. The zero-order valence-corrected chi connectivity index (χ0v) is 30.0. The van der Waals surface area contributed by atoms with Crippen LogP contribution >= 0.6 is 0 Å². The Kier molecular flexibility index (Phi) is 6.77. The number of rotatable bonds is 6. The second-order valence-corrected chi connectivity index (χ2v) is 16.6. The zero-order chi connectivity index (χ0) is 35.9. The van der Waals surface area contributed by atoms with Gasteiger partial charge >= 0.3 is 23.9 Å². The van der Waals surface area contributed by atoms with Crippen LogP contribution in [0.5, 0.6) is 5.75 Å². The van der Waals surface area contributed by atoms with E-state index in [4.69, 9.17) is 28.1 Å². The van der Waals surface area contributed by atoms with Gasteiger partial charge in [0.25, 0.3) is 0 Å². The van der Waals surface area contributed by atoms with Gasteiger partial charge in [-0.1, -0.05) is 41.5 Å². The van der Waals surface area contributed by atoms with Crippen molar-refractivity contribution in [3.05, 3.63) is 39.2 Å². The van der Waals surface area contributed by atoms with Gasteiger partial charge < -0.3 is 28.1 Å². The van der Waals surface area contributed by atoms with Crippen LogP contribution in [0.4, 0.5) is 0 Å². The molecule has 3 aliphatic heterocycles. The smallest absolute Gasteiger partial charge is 0.351 e. The van der Waals surface area contributed by atoms with Gasteiger partial charge in [-0.2, -0.15) is 0 Å². The lowest BCUT2D eigenvalue weighted by molar-refractivity contribution is -0.217. The molecule has 4 heterocycles. The Morgan fingerprint density at radius 1 is 0.735 bits per heavy atom. The molecule has 49 heavy (non-hydrogen) atoms. The van der Waals surface area contributed by atoms with E-state index in [-0.39, 0.29) is 29.4 Å². The highest BCUT2D eigenvalue weighted by Gasteiger charge is 2.78. The number of hydrogen-bond donors (Lipinski definition) is 0. The number of aryl methyl sites for hydroxylation is 2. The summed E-state index contributed by atoms with van der Waals surface area (Å²) in [5, 5.41) is 0.308. The number of esters is 4. The topological polar surface area (TPSA) is 145 Å². The van der Waals surface area contributed by atoms with Crippen LogP contribution in [-0.2, 0) is 51.0 Å². The second kappa shape index (κ2) is 9.88. The lowest BCUT2D eigenvalue weighted by Gasteiger charge is -2.46. The van der Waals surface area contributed by atoms with Crippen molar-refractivity contribution in [3.8, 4) is 5.75 Å². The first-order chi connectivity index (χ1) is 22.7. The van der Waals surface area contributed by atoms with Crippen LogP contribution in [0.2, 0.25) is 0 Å². The van der Waals surface area contributed by atoms with Crippen LogP contribution in [0.15, 0.2) is 21.3 Å². The Morgan fingerprint density at radius 2 is 1.27 bits per heavy atom. The number of ether oxygens (including phenoxy) is 5. The third kappa shape index (κ3) is 3.82. The molecule has 6 atom stereocenters. The summed E-state index contributed by atoms with van der Waals surface area (Å²) in [7, 11) is 0. The number of benzene rings is 1. The first-order valence-electron chi connectivity index (χ1n) is 17.4. The van der Waals surface area contributed by atoms with Crippen molar-refractivity contribution in [1.29, 1.82) is 0 Å². The summed E-state index contributed by atoms with van der Waals surface area (Å²) < 4.78 is 37.6. The molecular weight excluding hydrogens is 632 g/mol. The maximum absolute atomic E-state index is 14.6. The molecule has 1 aromatic carbocycles. The monoisotopic (exact) mass is 678 g/mol. The molecule has 2 aliphatic carbocycles. The molecule has 5 aliphatic rings. The number of carbonyl (C=O) groups is 4. The third-order valence-corrected chi connectivity index (χ3v) is 13.8. The summed E-state index contributed by atoms with van der Waals surface area (Å²) in [4.78, 5) is 69.0. The molecule has 264 valence electrons. The SMILES string of the molecule is CCc1cc(=O)c2c(CC)cc3c(c2o1)[C@@H](OC(=O)C12CC[C@@](C)(C(=O)O1)C2(C)C)[C@@H](OC(=O)C12CC[C@](C)(C(=O)O1)C2(C)C)C(C)(C)O3. The Morgan fingerprint density at radius 3 is 1.71 bits per heavy atom. The van der Waals surface area contributed by atoms with E-state index >= 15 is 0 Å². The molecule has 2 saturated heterocycles. The van der Waals surface area contributed by atoms with Crippen molar-refractivity contribution >= 4 is 34.8 Å². The highest BCUT2D eigenvalue weighted by molar-refractivity contribution is 5.95. The van der Waals surface area contributed by atoms with Crippen molar-refractivity contribution in [1.82, 2.24) is 0 Å². The summed E-state index contributed by atoms with van der Waals surface area (Å²) in [6.07, 6.45) is -0.374. The van der Waals surface area contributed by atoms with Gasteiger partial charge in [0.15, 0.2) is 17.6 Å². The van der Waals surface area contributed by atoms with E-state index < -0.39 is 74.5 Å². The Labute approximate surface area is 285 Å². The molecule has 11 heteroatoms. The average Bonchev–Trinajstić information content (AvgIpc) is 3.49. The first-order valence-corrected chi connectivity index (χ1v) is 17.4. The lowest BCUT2D eigenvalue weighted by Crippen LogP contribution is -2.57. The van der Waals surface area contributed by atoms with Gasteiger partial charge in [0, 0.05) is 23.3 Å². The molecule has 0 amide bonds. The molecule has 1 aromatic heterocycles. The van der Waals surface area contributed by atoms with E-state index in [0.717, 1.165) is 0 Å². The van der Waals surface area contributed by atoms with E-state index in [0.29, 0.717) is 48.1 Å². The predicted molar refractivity (Wildman–Crippen MR) is 175 cm³/mol. The minimum Gasteiger partial charge on any atom is -0.483 e. The highest BCUT2D eigenvalue weighted by Crippen LogP contribution is 2.67. The lowest BCUT2D eigenvalue weighted by atomic mass is 9.66. The van der Waals surface area contributed by atoms with E-state index in [9.17, 15) is 24.0 Å². The quantitative estimate of drug-likeness (QED) is 0.269. The van der Waals surface area contributed by atoms with Crippen LogP contribution in [-0.4, -0.2) is 46.8 Å². The molecule has 7 rings (SSSR count). The van der Waals surface area contributed by atoms with Gasteiger partial charge in [-0.3, -0.25) is 14.4 Å². The van der Waals surface area contributed by atoms with Gasteiger partial charge in [0.2, 0.25) is 11.2 Å². The first kappa shape index (κ1) is 33.6. The summed E-state index contributed by atoms with van der Waals surface area (Å²) >= 11 is 0. The molecular formula is C38H46O11. The maximum atomic E-state index is 14.6. The van der Waals surface area contributed by atoms with E-state index in [1.807, 2.05) is 41.5 Å². The van der Waals surface area contributed by atoms with Crippen molar-refractivity contribution < 1.29 is 47.3 Å². The molecule has 2 saturated carbocycles. The minimum atomic E-state index is -1.60. The standard InChI is InChI=1S/C38H46O11/c1-11-19-17-22-24(25-23(19)21(39)18-20(12-2)44-25)26(45-30(42)37-15-13-35(9,28(40)48-37)33(37,5)6)27(32(3,4)47-22)46-31(43)38-16-14-36(10,29(41)49-38)34(38,7)8/h17-18,26-27H,11-16H2,1-10H3/t26-,27-,35+,36-,37?,38?/m1/s1. The van der Waals surface area contributed by atoms with Gasteiger partial charge in [-0.25, -0.2) is 9.59 Å². The largest absolute Gasteiger partial charge is 0.483 e. The fraction of sp³-hybridized carbons (Fsp3) is 0.658. The van der Waals surface area contributed by atoms with E-state index in [1.165, 1.54) is 6.07 Å². The van der Waals surface area contributed by atoms with Gasteiger partial charge in [0.1, 0.15) is 22.7 Å². The van der Waals surface area contributed by atoms with Crippen LogP contribution in [0.1, 0.15) is 118 Å². The molecule has 4 fully saturated rings. The van der Waals surface area contributed by atoms with E-state index in [1.54, 1.807) is 33.8 Å². The fourth-order valence-corrected chi connectivity index (χ4v) is 9.27. The molecule has 11 nitrogen and oxygen atoms in total. The molecule has 4 bridgehead atoms. The zero-order valence-electron chi connectivity index (χ0n) is 30.0. The third-order valence-electron chi connectivity index (χ3n) is 13.8. The summed E-state index contributed by atoms with van der Waals surface area (Å²) in [5.41, 5.74) is -7.26. The normalized spacial score (nSPS) is 35.8. The molecule has 0 radical (unpaired) electrons. The van der Waals surface area contributed by atoms with Crippen molar-refractivity contribution in [2.75, 3.05) is 0 Å². The Hall–Kier alpha value is -3.89. The summed E-state index contributed by atoms with van der Waals surface area (Å²) in [6, 6.07) is 3.19. The van der Waals surface area contributed by atoms with Crippen LogP contribution < -0.4 is 10.2 Å². The number of hydrogen-bond acceptors (Lipinski definition) is 11. The Balaban J connectivity index is 1.41. The van der Waals surface area contributed by atoms with Crippen molar-refractivity contribution in [2.45, 2.75) is 137 Å². The molecule has 2 unspecified atom stereocenters. The highest BCUT2D eigenvalue weighted by atomic mass is 16.7. The van der Waals surface area contributed by atoms with Crippen LogP contribution in [0.3, 0.4) is 0 Å². The van der Waals surface area contributed by atoms with Gasteiger partial charge in [-0.15, -0.1) is 0 Å². The number of carbonyl (C=O) groups excluding carboxylic acids is 4. The summed E-state index contributed by atoms with van der Waals surface area (Å²) in [6.45, 7) is 18.1. The minimum absolute atomic E-state index is 0.170.